The average molecular weight is 233 g/mol. The molecule has 16 heavy (non-hydrogen) atoms. The Balaban J connectivity index is 2.42. The Morgan fingerprint density at radius 3 is 2.50 bits per heavy atom. The first-order valence-electron chi connectivity index (χ1n) is 4.73. The Labute approximate surface area is 98.3 Å². The number of aromatic nitrogens is 4. The van der Waals surface area contributed by atoms with Crippen molar-refractivity contribution in [2.75, 3.05) is 0 Å². The van der Waals surface area contributed by atoms with E-state index in [1.165, 1.54) is 0 Å². The SMILES string of the molecule is Cc1cc(C)n(-c2cnc(C(N)=S)cn2)n1. The maximum atomic E-state index is 5.44. The van der Waals surface area contributed by atoms with E-state index in [4.69, 9.17) is 18.0 Å². The fourth-order valence-corrected chi connectivity index (χ4v) is 1.52. The summed E-state index contributed by atoms with van der Waals surface area (Å²) in [5.41, 5.74) is 7.91. The second kappa shape index (κ2) is 3.97. The highest BCUT2D eigenvalue weighted by molar-refractivity contribution is 7.80. The van der Waals surface area contributed by atoms with E-state index in [0.717, 1.165) is 11.4 Å². The lowest BCUT2D eigenvalue weighted by atomic mass is 10.4. The molecule has 0 unspecified atom stereocenters. The maximum absolute atomic E-state index is 5.44. The number of aryl methyl sites for hydroxylation is 2. The van der Waals surface area contributed by atoms with E-state index in [9.17, 15) is 0 Å². The normalized spacial score (nSPS) is 10.4. The second-order valence-corrected chi connectivity index (χ2v) is 3.90. The fourth-order valence-electron chi connectivity index (χ4n) is 1.42. The molecule has 0 bridgehead atoms. The topological polar surface area (TPSA) is 69.6 Å². The minimum absolute atomic E-state index is 0.243. The van der Waals surface area contributed by atoms with Crippen molar-refractivity contribution in [1.82, 2.24) is 19.7 Å². The largest absolute Gasteiger partial charge is 0.388 e. The Kier molecular flexibility index (Phi) is 2.66. The zero-order valence-corrected chi connectivity index (χ0v) is 9.82. The predicted octanol–water partition coefficient (Wildman–Crippen LogP) is 0.913. The van der Waals surface area contributed by atoms with Crippen molar-refractivity contribution in [3.63, 3.8) is 0 Å². The molecule has 0 saturated carbocycles. The van der Waals surface area contributed by atoms with E-state index in [0.29, 0.717) is 11.5 Å². The van der Waals surface area contributed by atoms with Crippen LogP contribution in [0.25, 0.3) is 5.82 Å². The summed E-state index contributed by atoms with van der Waals surface area (Å²) in [5.74, 6) is 0.658. The van der Waals surface area contributed by atoms with Crippen LogP contribution in [0, 0.1) is 13.8 Å². The van der Waals surface area contributed by atoms with Crippen molar-refractivity contribution >= 4 is 17.2 Å². The summed E-state index contributed by atoms with van der Waals surface area (Å²) in [4.78, 5) is 8.57. The Morgan fingerprint density at radius 2 is 2.06 bits per heavy atom. The van der Waals surface area contributed by atoms with Crippen LogP contribution in [-0.4, -0.2) is 24.7 Å². The average Bonchev–Trinajstić information content (AvgIpc) is 2.58. The smallest absolute Gasteiger partial charge is 0.172 e. The van der Waals surface area contributed by atoms with Gasteiger partial charge in [-0.1, -0.05) is 12.2 Å². The van der Waals surface area contributed by atoms with Gasteiger partial charge in [-0.3, -0.25) is 0 Å². The monoisotopic (exact) mass is 233 g/mol. The summed E-state index contributed by atoms with van der Waals surface area (Å²) in [7, 11) is 0. The molecule has 0 amide bonds. The molecule has 2 heterocycles. The van der Waals surface area contributed by atoms with Crippen LogP contribution >= 0.6 is 12.2 Å². The number of nitrogens with zero attached hydrogens (tertiary/aromatic N) is 4. The number of rotatable bonds is 2. The first-order valence-corrected chi connectivity index (χ1v) is 5.14. The molecule has 0 spiro atoms. The number of hydrogen-bond donors (Lipinski definition) is 1. The van der Waals surface area contributed by atoms with Crippen LogP contribution in [0.1, 0.15) is 17.1 Å². The van der Waals surface area contributed by atoms with Gasteiger partial charge in [0, 0.05) is 5.69 Å². The van der Waals surface area contributed by atoms with E-state index >= 15 is 0 Å². The third-order valence-corrected chi connectivity index (χ3v) is 2.33. The summed E-state index contributed by atoms with van der Waals surface area (Å²) < 4.78 is 1.73. The first kappa shape index (κ1) is 10.7. The number of nitrogens with two attached hydrogens (primary N) is 1. The number of thiocarbonyl (C=S) groups is 1. The van der Waals surface area contributed by atoms with Crippen LogP contribution in [0.15, 0.2) is 18.5 Å². The lowest BCUT2D eigenvalue weighted by molar-refractivity contribution is 0.798. The van der Waals surface area contributed by atoms with Crippen LogP contribution in [0.4, 0.5) is 0 Å². The van der Waals surface area contributed by atoms with Crippen LogP contribution in [-0.2, 0) is 0 Å². The van der Waals surface area contributed by atoms with Gasteiger partial charge in [0.15, 0.2) is 5.82 Å². The Bertz CT molecular complexity index is 529. The molecule has 0 aromatic carbocycles. The first-order chi connectivity index (χ1) is 7.58. The zero-order valence-electron chi connectivity index (χ0n) is 9.01. The molecule has 0 radical (unpaired) electrons. The molecule has 2 rings (SSSR count). The molecular weight excluding hydrogens is 222 g/mol. The highest BCUT2D eigenvalue weighted by Crippen LogP contribution is 2.08. The molecule has 5 nitrogen and oxygen atoms in total. The fraction of sp³-hybridized carbons (Fsp3) is 0.200. The summed E-state index contributed by atoms with van der Waals surface area (Å²) in [5, 5.41) is 4.31. The summed E-state index contributed by atoms with van der Waals surface area (Å²) in [6.45, 7) is 3.89. The molecular formula is C10H11N5S. The quantitative estimate of drug-likeness (QED) is 0.781. The lowest BCUT2D eigenvalue weighted by Gasteiger charge is -2.03. The van der Waals surface area contributed by atoms with E-state index < -0.39 is 0 Å². The molecule has 0 aliphatic carbocycles. The molecule has 0 aliphatic rings. The minimum Gasteiger partial charge on any atom is -0.388 e. The van der Waals surface area contributed by atoms with Crippen molar-refractivity contribution in [1.29, 1.82) is 0 Å². The second-order valence-electron chi connectivity index (χ2n) is 3.46. The standard InChI is InChI=1S/C10H11N5S/c1-6-3-7(2)15(14-6)9-5-12-8(4-13-9)10(11)16/h3-5H,1-2H3,(H2,11,16). The van der Waals surface area contributed by atoms with Gasteiger partial charge in [-0.2, -0.15) is 5.10 Å². The van der Waals surface area contributed by atoms with Gasteiger partial charge in [-0.05, 0) is 19.9 Å². The molecule has 0 fully saturated rings. The molecule has 6 heteroatoms. The highest BCUT2D eigenvalue weighted by Gasteiger charge is 2.06. The zero-order chi connectivity index (χ0) is 11.7. The Morgan fingerprint density at radius 1 is 1.31 bits per heavy atom. The third-order valence-electron chi connectivity index (χ3n) is 2.12. The lowest BCUT2D eigenvalue weighted by Crippen LogP contribution is -2.13. The van der Waals surface area contributed by atoms with Crippen molar-refractivity contribution in [3.8, 4) is 5.82 Å². The van der Waals surface area contributed by atoms with E-state index in [1.807, 2.05) is 19.9 Å². The molecule has 82 valence electrons. The van der Waals surface area contributed by atoms with Crippen LogP contribution in [0.5, 0.6) is 0 Å². The van der Waals surface area contributed by atoms with E-state index in [2.05, 4.69) is 15.1 Å². The summed E-state index contributed by atoms with van der Waals surface area (Å²) in [6.07, 6.45) is 3.15. The van der Waals surface area contributed by atoms with Gasteiger partial charge >= 0.3 is 0 Å². The molecule has 2 N–H and O–H groups in total. The third kappa shape index (κ3) is 1.92. The molecule has 2 aromatic heterocycles. The van der Waals surface area contributed by atoms with Crippen LogP contribution in [0.2, 0.25) is 0 Å². The van der Waals surface area contributed by atoms with Crippen molar-refractivity contribution in [2.45, 2.75) is 13.8 Å². The van der Waals surface area contributed by atoms with Gasteiger partial charge in [0.2, 0.25) is 0 Å². The molecule has 0 aliphatic heterocycles. The highest BCUT2D eigenvalue weighted by atomic mass is 32.1. The van der Waals surface area contributed by atoms with Crippen molar-refractivity contribution < 1.29 is 0 Å². The molecule has 2 aromatic rings. The van der Waals surface area contributed by atoms with Gasteiger partial charge in [0.25, 0.3) is 0 Å². The van der Waals surface area contributed by atoms with Crippen molar-refractivity contribution in [3.05, 3.63) is 35.5 Å². The maximum Gasteiger partial charge on any atom is 0.172 e. The molecule has 0 atom stereocenters. The van der Waals surface area contributed by atoms with Crippen molar-refractivity contribution in [2.24, 2.45) is 5.73 Å². The predicted molar refractivity (Wildman–Crippen MR) is 64.5 cm³/mol. The minimum atomic E-state index is 0.243. The van der Waals surface area contributed by atoms with Gasteiger partial charge in [-0.15, -0.1) is 0 Å². The Hall–Kier alpha value is -1.82. The van der Waals surface area contributed by atoms with Gasteiger partial charge in [0.05, 0.1) is 18.1 Å². The molecule has 0 saturated heterocycles. The summed E-state index contributed by atoms with van der Waals surface area (Å²) >= 11 is 4.80. The summed E-state index contributed by atoms with van der Waals surface area (Å²) in [6, 6.07) is 1.98. The van der Waals surface area contributed by atoms with E-state index in [-0.39, 0.29) is 4.99 Å². The van der Waals surface area contributed by atoms with Gasteiger partial charge in [-0.25, -0.2) is 14.6 Å². The van der Waals surface area contributed by atoms with Gasteiger partial charge in [0.1, 0.15) is 10.7 Å². The number of hydrogen-bond acceptors (Lipinski definition) is 4. The van der Waals surface area contributed by atoms with Crippen LogP contribution < -0.4 is 5.73 Å². The van der Waals surface area contributed by atoms with E-state index in [1.54, 1.807) is 17.1 Å². The van der Waals surface area contributed by atoms with Crippen LogP contribution in [0.3, 0.4) is 0 Å². The van der Waals surface area contributed by atoms with Gasteiger partial charge < -0.3 is 5.73 Å².